The van der Waals surface area contributed by atoms with E-state index in [1.807, 2.05) is 26.0 Å². The lowest BCUT2D eigenvalue weighted by Crippen LogP contribution is -2.29. The monoisotopic (exact) mass is 431 g/mol. The minimum atomic E-state index is -0.924. The van der Waals surface area contributed by atoms with Crippen LogP contribution >= 0.6 is 0 Å². The maximum Gasteiger partial charge on any atom is 0.300 e. The smallest absolute Gasteiger partial charge is 0.300 e. The van der Waals surface area contributed by atoms with Crippen molar-refractivity contribution in [1.82, 2.24) is 0 Å². The number of carbonyl (C=O) groups is 2. The maximum atomic E-state index is 13.2. The molecule has 0 bridgehead atoms. The number of hydrogen-bond acceptors (Lipinski definition) is 6. The molecule has 32 heavy (non-hydrogen) atoms. The number of aryl methyl sites for hydroxylation is 2. The predicted octanol–water partition coefficient (Wildman–Crippen LogP) is 4.29. The number of carbonyl (C=O) groups excluding carboxylic acids is 2. The number of aliphatic hydroxyl groups excluding tert-OH is 1. The zero-order valence-corrected chi connectivity index (χ0v) is 17.6. The Morgan fingerprint density at radius 3 is 2.53 bits per heavy atom. The van der Waals surface area contributed by atoms with E-state index in [1.54, 1.807) is 36.4 Å². The Morgan fingerprint density at radius 2 is 1.78 bits per heavy atom. The lowest BCUT2D eigenvalue weighted by molar-refractivity contribution is -0.132. The van der Waals surface area contributed by atoms with Crippen molar-refractivity contribution in [3.63, 3.8) is 0 Å². The molecule has 2 aromatic carbocycles. The molecule has 0 radical (unpaired) electrons. The molecule has 0 saturated carbocycles. The number of Topliss-reactive ketones (excluding diaryl/α,β-unsaturated/α-hetero) is 1. The Hall–Kier alpha value is -4.00. The summed E-state index contributed by atoms with van der Waals surface area (Å²) in [4.78, 5) is 27.7. The Kier molecular flexibility index (Phi) is 4.74. The number of fused-ring (bicyclic) bond motifs is 1. The molecule has 2 aliphatic rings. The number of amides is 1. The van der Waals surface area contributed by atoms with E-state index in [0.717, 1.165) is 11.1 Å². The van der Waals surface area contributed by atoms with Crippen LogP contribution in [0.4, 0.5) is 5.69 Å². The number of anilines is 1. The minimum Gasteiger partial charge on any atom is -0.507 e. The molecule has 5 rings (SSSR count). The second kappa shape index (κ2) is 7.60. The second-order valence-corrected chi connectivity index (χ2v) is 7.83. The van der Waals surface area contributed by atoms with Crippen molar-refractivity contribution in [2.45, 2.75) is 19.9 Å². The Balaban J connectivity index is 1.70. The van der Waals surface area contributed by atoms with Crippen LogP contribution in [0.15, 0.2) is 64.8 Å². The van der Waals surface area contributed by atoms with Gasteiger partial charge in [-0.2, -0.15) is 0 Å². The SMILES string of the molecule is Cc1ccc(C)c(/C(O)=C2/C(=O)C(=O)N(c3ccc4c(c3)OCCO4)C2c2ccco2)c1. The summed E-state index contributed by atoms with van der Waals surface area (Å²) >= 11 is 0. The molecule has 1 N–H and O–H groups in total. The fraction of sp³-hybridized carbons (Fsp3) is 0.200. The van der Waals surface area contributed by atoms with E-state index < -0.39 is 17.7 Å². The van der Waals surface area contributed by atoms with E-state index in [9.17, 15) is 14.7 Å². The van der Waals surface area contributed by atoms with Gasteiger partial charge in [0.2, 0.25) is 0 Å². The molecule has 0 spiro atoms. The van der Waals surface area contributed by atoms with E-state index in [4.69, 9.17) is 13.9 Å². The molecule has 1 saturated heterocycles. The summed E-state index contributed by atoms with van der Waals surface area (Å²) in [5.74, 6) is -0.337. The highest BCUT2D eigenvalue weighted by Crippen LogP contribution is 2.44. The molecule has 7 nitrogen and oxygen atoms in total. The van der Waals surface area contributed by atoms with E-state index in [0.29, 0.717) is 41.7 Å². The highest BCUT2D eigenvalue weighted by atomic mass is 16.6. The first kappa shape index (κ1) is 19.9. The van der Waals surface area contributed by atoms with Crippen LogP contribution in [-0.2, 0) is 9.59 Å². The summed E-state index contributed by atoms with van der Waals surface area (Å²) in [5, 5.41) is 11.2. The number of ether oxygens (including phenoxy) is 2. The van der Waals surface area contributed by atoms with Gasteiger partial charge in [-0.1, -0.05) is 17.7 Å². The van der Waals surface area contributed by atoms with Crippen LogP contribution in [0.1, 0.15) is 28.5 Å². The van der Waals surface area contributed by atoms with Crippen LogP contribution in [0, 0.1) is 13.8 Å². The Labute approximate surface area is 184 Å². The first-order valence-corrected chi connectivity index (χ1v) is 10.3. The third-order valence-electron chi connectivity index (χ3n) is 5.71. The van der Waals surface area contributed by atoms with Crippen molar-refractivity contribution in [1.29, 1.82) is 0 Å². The first-order chi connectivity index (χ1) is 15.5. The first-order valence-electron chi connectivity index (χ1n) is 10.3. The van der Waals surface area contributed by atoms with Crippen LogP contribution in [0.3, 0.4) is 0 Å². The molecule has 2 aliphatic heterocycles. The van der Waals surface area contributed by atoms with Crippen LogP contribution in [0.2, 0.25) is 0 Å². The average Bonchev–Trinajstić information content (AvgIpc) is 3.42. The van der Waals surface area contributed by atoms with Gasteiger partial charge in [0.25, 0.3) is 11.7 Å². The quantitative estimate of drug-likeness (QED) is 0.378. The highest BCUT2D eigenvalue weighted by Gasteiger charge is 2.48. The molecule has 0 aliphatic carbocycles. The molecule has 1 aromatic heterocycles. The summed E-state index contributed by atoms with van der Waals surface area (Å²) in [6, 6.07) is 13.1. The summed E-state index contributed by atoms with van der Waals surface area (Å²) in [6.45, 7) is 4.57. The van der Waals surface area contributed by atoms with E-state index in [-0.39, 0.29) is 11.3 Å². The molecule has 3 aromatic rings. The van der Waals surface area contributed by atoms with Crippen LogP contribution in [-0.4, -0.2) is 30.0 Å². The number of ketones is 1. The molecular formula is C25H21NO6. The number of furan rings is 1. The molecular weight excluding hydrogens is 410 g/mol. The highest BCUT2D eigenvalue weighted by molar-refractivity contribution is 6.51. The van der Waals surface area contributed by atoms with Crippen molar-refractivity contribution >= 4 is 23.1 Å². The topological polar surface area (TPSA) is 89.2 Å². The summed E-state index contributed by atoms with van der Waals surface area (Å²) < 4.78 is 16.8. The van der Waals surface area contributed by atoms with Crippen molar-refractivity contribution in [3.05, 3.63) is 82.8 Å². The molecule has 3 heterocycles. The van der Waals surface area contributed by atoms with Gasteiger partial charge in [0.05, 0.1) is 11.8 Å². The zero-order valence-electron chi connectivity index (χ0n) is 17.6. The van der Waals surface area contributed by atoms with Gasteiger partial charge >= 0.3 is 0 Å². The van der Waals surface area contributed by atoms with E-state index >= 15 is 0 Å². The van der Waals surface area contributed by atoms with E-state index in [2.05, 4.69) is 0 Å². The largest absolute Gasteiger partial charge is 0.507 e. The molecule has 162 valence electrons. The van der Waals surface area contributed by atoms with Gasteiger partial charge in [0.1, 0.15) is 30.8 Å². The standard InChI is InChI=1S/C25H21NO6/c1-14-5-6-15(2)17(12-14)23(27)21-22(19-4-3-9-30-19)26(25(29)24(21)28)16-7-8-18-20(13-16)32-11-10-31-18/h3-9,12-13,22,27H,10-11H2,1-2H3/b23-21-. The molecule has 7 heteroatoms. The normalized spacial score (nSPS) is 19.4. The third-order valence-corrected chi connectivity index (χ3v) is 5.71. The van der Waals surface area contributed by atoms with Gasteiger partial charge in [0.15, 0.2) is 11.5 Å². The van der Waals surface area contributed by atoms with Gasteiger partial charge in [-0.15, -0.1) is 0 Å². The molecule has 1 fully saturated rings. The minimum absolute atomic E-state index is 0.0199. The van der Waals surface area contributed by atoms with Crippen LogP contribution in [0.25, 0.3) is 5.76 Å². The van der Waals surface area contributed by atoms with Crippen LogP contribution < -0.4 is 14.4 Å². The van der Waals surface area contributed by atoms with Gasteiger partial charge in [-0.25, -0.2) is 0 Å². The summed E-state index contributed by atoms with van der Waals surface area (Å²) in [5.41, 5.74) is 2.64. The van der Waals surface area contributed by atoms with Gasteiger partial charge in [0, 0.05) is 17.3 Å². The number of hydrogen-bond donors (Lipinski definition) is 1. The van der Waals surface area contributed by atoms with Gasteiger partial charge in [-0.05, 0) is 49.7 Å². The molecule has 1 amide bonds. The predicted molar refractivity (Wildman–Crippen MR) is 117 cm³/mol. The fourth-order valence-electron chi connectivity index (χ4n) is 4.13. The average molecular weight is 431 g/mol. The van der Waals surface area contributed by atoms with Gasteiger partial charge < -0.3 is 19.0 Å². The van der Waals surface area contributed by atoms with Crippen molar-refractivity contribution in [2.24, 2.45) is 0 Å². The fourth-order valence-corrected chi connectivity index (χ4v) is 4.13. The Bertz CT molecular complexity index is 1260. The number of nitrogens with zero attached hydrogens (tertiary/aromatic N) is 1. The van der Waals surface area contributed by atoms with Gasteiger partial charge in [-0.3, -0.25) is 14.5 Å². The molecule has 1 atom stereocenters. The second-order valence-electron chi connectivity index (χ2n) is 7.83. The lowest BCUT2D eigenvalue weighted by Gasteiger charge is -2.25. The van der Waals surface area contributed by atoms with Crippen molar-refractivity contribution in [2.75, 3.05) is 18.1 Å². The molecule has 1 unspecified atom stereocenters. The lowest BCUT2D eigenvalue weighted by atomic mass is 9.96. The number of benzene rings is 2. The van der Waals surface area contributed by atoms with Crippen molar-refractivity contribution < 1.29 is 28.6 Å². The number of aliphatic hydroxyl groups is 1. The van der Waals surface area contributed by atoms with Crippen LogP contribution in [0.5, 0.6) is 11.5 Å². The van der Waals surface area contributed by atoms with Crippen molar-refractivity contribution in [3.8, 4) is 11.5 Å². The third kappa shape index (κ3) is 3.13. The number of rotatable bonds is 3. The zero-order chi connectivity index (χ0) is 22.4. The van der Waals surface area contributed by atoms with E-state index in [1.165, 1.54) is 11.2 Å². The summed E-state index contributed by atoms with van der Waals surface area (Å²) in [6.07, 6.45) is 1.47. The Morgan fingerprint density at radius 1 is 1.00 bits per heavy atom. The maximum absolute atomic E-state index is 13.2. The summed E-state index contributed by atoms with van der Waals surface area (Å²) in [7, 11) is 0.